The summed E-state index contributed by atoms with van der Waals surface area (Å²) >= 11 is 5.96. The lowest BCUT2D eigenvalue weighted by molar-refractivity contribution is -0.140. The topological polar surface area (TPSA) is 89.2 Å². The van der Waals surface area contributed by atoms with Gasteiger partial charge in [0, 0.05) is 22.2 Å². The number of rotatable bonds is 6. The van der Waals surface area contributed by atoms with Crippen molar-refractivity contribution in [3.05, 3.63) is 88.3 Å². The lowest BCUT2D eigenvalue weighted by atomic mass is 9.94. The van der Waals surface area contributed by atoms with E-state index in [0.29, 0.717) is 33.4 Å². The summed E-state index contributed by atoms with van der Waals surface area (Å²) < 4.78 is 16.2. The number of hydrogen-bond donors (Lipinski definition) is 1. The molecule has 2 heterocycles. The molecule has 1 fully saturated rings. The number of hydrogen-bond acceptors (Lipinski definition) is 6. The van der Waals surface area contributed by atoms with Crippen molar-refractivity contribution < 1.29 is 28.6 Å². The van der Waals surface area contributed by atoms with Gasteiger partial charge in [-0.2, -0.15) is 0 Å². The van der Waals surface area contributed by atoms with Gasteiger partial charge in [-0.25, -0.2) is 0 Å². The minimum atomic E-state index is -0.906. The second kappa shape index (κ2) is 8.80. The third-order valence-corrected chi connectivity index (χ3v) is 5.55. The lowest BCUT2D eigenvalue weighted by Gasteiger charge is -2.26. The van der Waals surface area contributed by atoms with E-state index < -0.39 is 17.7 Å². The molecule has 1 saturated heterocycles. The summed E-state index contributed by atoms with van der Waals surface area (Å²) in [6.45, 7) is 0.0365. The Morgan fingerprint density at radius 2 is 1.84 bits per heavy atom. The maximum Gasteiger partial charge on any atom is 0.296 e. The molecule has 1 amide bonds. The highest BCUT2D eigenvalue weighted by Gasteiger charge is 2.47. The fraction of sp³-hybridized carbons (Fsp3) is 0.167. The first-order valence-electron chi connectivity index (χ1n) is 9.73. The van der Waals surface area contributed by atoms with E-state index in [9.17, 15) is 14.7 Å². The van der Waals surface area contributed by atoms with Gasteiger partial charge in [0.1, 0.15) is 23.0 Å². The highest BCUT2D eigenvalue weighted by atomic mass is 35.5. The Bertz CT molecular complexity index is 1180. The number of likely N-dealkylation sites (tertiary alicyclic amines) is 1. The number of furan rings is 1. The van der Waals surface area contributed by atoms with Crippen LogP contribution in [-0.4, -0.2) is 35.9 Å². The van der Waals surface area contributed by atoms with Crippen molar-refractivity contribution in [1.29, 1.82) is 0 Å². The number of carbonyl (C=O) groups excluding carboxylic acids is 2. The molecule has 1 aromatic heterocycles. The second-order valence-corrected chi connectivity index (χ2v) is 7.56. The monoisotopic (exact) mass is 453 g/mol. The summed E-state index contributed by atoms with van der Waals surface area (Å²) in [6.07, 6.45) is 1.49. The predicted molar refractivity (Wildman–Crippen MR) is 118 cm³/mol. The zero-order chi connectivity index (χ0) is 22.8. The average Bonchev–Trinajstić information content (AvgIpc) is 3.41. The molecule has 1 aliphatic rings. The summed E-state index contributed by atoms with van der Waals surface area (Å²) in [5.41, 5.74) is 0.838. The molecule has 7 nitrogen and oxygen atoms in total. The Kier molecular flexibility index (Phi) is 5.92. The largest absolute Gasteiger partial charge is 0.507 e. The molecule has 1 unspecified atom stereocenters. The third-order valence-electron chi connectivity index (χ3n) is 5.30. The van der Waals surface area contributed by atoms with Gasteiger partial charge in [0.25, 0.3) is 11.7 Å². The Labute approximate surface area is 189 Å². The van der Waals surface area contributed by atoms with Gasteiger partial charge in [0.2, 0.25) is 0 Å². The first-order valence-corrected chi connectivity index (χ1v) is 10.1. The molecule has 164 valence electrons. The SMILES string of the molecule is COc1ccc(C2/C(=C(/O)c3ccc(Cl)cc3)C(=O)C(=O)N2Cc2ccco2)c(OC)c1. The zero-order valence-corrected chi connectivity index (χ0v) is 18.1. The summed E-state index contributed by atoms with van der Waals surface area (Å²) in [4.78, 5) is 27.5. The summed E-state index contributed by atoms with van der Waals surface area (Å²) in [5, 5.41) is 11.6. The van der Waals surface area contributed by atoms with Gasteiger partial charge in [-0.1, -0.05) is 11.6 Å². The number of methoxy groups -OCH3 is 2. The molecule has 32 heavy (non-hydrogen) atoms. The van der Waals surface area contributed by atoms with Crippen molar-refractivity contribution >= 4 is 29.1 Å². The number of aliphatic hydroxyl groups excluding tert-OH is 1. The molecule has 2 aromatic carbocycles. The van der Waals surface area contributed by atoms with Crippen LogP contribution in [0.5, 0.6) is 11.5 Å². The van der Waals surface area contributed by atoms with Crippen LogP contribution in [0, 0.1) is 0 Å². The number of ether oxygens (including phenoxy) is 2. The van der Waals surface area contributed by atoms with Crippen LogP contribution in [0.1, 0.15) is 22.9 Å². The number of ketones is 1. The van der Waals surface area contributed by atoms with Gasteiger partial charge in [0.05, 0.1) is 38.6 Å². The maximum atomic E-state index is 13.1. The van der Waals surface area contributed by atoms with Crippen molar-refractivity contribution in [2.24, 2.45) is 0 Å². The molecular weight excluding hydrogens is 434 g/mol. The predicted octanol–water partition coefficient (Wildman–Crippen LogP) is 4.57. The van der Waals surface area contributed by atoms with Crippen molar-refractivity contribution in [2.75, 3.05) is 14.2 Å². The van der Waals surface area contributed by atoms with Crippen molar-refractivity contribution in [3.63, 3.8) is 0 Å². The van der Waals surface area contributed by atoms with E-state index in [1.54, 1.807) is 54.6 Å². The number of nitrogens with zero attached hydrogens (tertiary/aromatic N) is 1. The zero-order valence-electron chi connectivity index (χ0n) is 17.4. The van der Waals surface area contributed by atoms with Crippen LogP contribution in [-0.2, 0) is 16.1 Å². The molecular formula is C24H20ClNO6. The van der Waals surface area contributed by atoms with Crippen LogP contribution in [0.2, 0.25) is 5.02 Å². The smallest absolute Gasteiger partial charge is 0.296 e. The number of halogens is 1. The molecule has 0 spiro atoms. The van der Waals surface area contributed by atoms with Crippen LogP contribution >= 0.6 is 11.6 Å². The van der Waals surface area contributed by atoms with E-state index in [1.165, 1.54) is 25.4 Å². The van der Waals surface area contributed by atoms with Gasteiger partial charge in [-0.3, -0.25) is 9.59 Å². The Balaban J connectivity index is 1.91. The normalized spacial score (nSPS) is 17.6. The fourth-order valence-electron chi connectivity index (χ4n) is 3.74. The molecule has 0 saturated carbocycles. The second-order valence-electron chi connectivity index (χ2n) is 7.12. The molecule has 8 heteroatoms. The lowest BCUT2D eigenvalue weighted by Crippen LogP contribution is -2.29. The minimum Gasteiger partial charge on any atom is -0.507 e. The highest BCUT2D eigenvalue weighted by Crippen LogP contribution is 2.44. The molecule has 4 rings (SSSR count). The van der Waals surface area contributed by atoms with Gasteiger partial charge < -0.3 is 23.9 Å². The van der Waals surface area contributed by atoms with Crippen molar-refractivity contribution in [1.82, 2.24) is 4.90 Å². The summed E-state index contributed by atoms with van der Waals surface area (Å²) in [6, 6.07) is 13.9. The van der Waals surface area contributed by atoms with Crippen molar-refractivity contribution in [3.8, 4) is 11.5 Å². The van der Waals surface area contributed by atoms with Crippen LogP contribution in [0.3, 0.4) is 0 Å². The van der Waals surface area contributed by atoms with Crippen LogP contribution in [0.25, 0.3) is 5.76 Å². The number of Topliss-reactive ketones (excluding diaryl/α,β-unsaturated/α-hetero) is 1. The average molecular weight is 454 g/mol. The van der Waals surface area contributed by atoms with Crippen LogP contribution in [0.4, 0.5) is 0 Å². The van der Waals surface area contributed by atoms with Gasteiger partial charge >= 0.3 is 0 Å². The molecule has 3 aromatic rings. The van der Waals surface area contributed by atoms with E-state index in [0.717, 1.165) is 0 Å². The molecule has 0 bridgehead atoms. The number of benzene rings is 2. The molecule has 1 N–H and O–H groups in total. The van der Waals surface area contributed by atoms with E-state index in [4.69, 9.17) is 25.5 Å². The summed E-state index contributed by atoms with van der Waals surface area (Å²) in [5.74, 6) is -0.402. The number of aliphatic hydroxyl groups is 1. The van der Waals surface area contributed by atoms with Gasteiger partial charge in [-0.05, 0) is 48.5 Å². The Hall–Kier alpha value is -3.71. The van der Waals surface area contributed by atoms with Crippen LogP contribution < -0.4 is 9.47 Å². The quantitative estimate of drug-likeness (QED) is 0.334. The van der Waals surface area contributed by atoms with E-state index >= 15 is 0 Å². The maximum absolute atomic E-state index is 13.1. The van der Waals surface area contributed by atoms with Crippen LogP contribution in [0.15, 0.2) is 70.9 Å². The first kappa shape index (κ1) is 21.5. The third kappa shape index (κ3) is 3.83. The first-order chi connectivity index (χ1) is 15.4. The summed E-state index contributed by atoms with van der Waals surface area (Å²) in [7, 11) is 3.01. The van der Waals surface area contributed by atoms with Gasteiger partial charge in [0.15, 0.2) is 0 Å². The van der Waals surface area contributed by atoms with E-state index in [1.807, 2.05) is 0 Å². The van der Waals surface area contributed by atoms with E-state index in [2.05, 4.69) is 0 Å². The Morgan fingerprint density at radius 3 is 2.47 bits per heavy atom. The molecule has 0 aliphatic carbocycles. The molecule has 0 radical (unpaired) electrons. The molecule has 1 aliphatic heterocycles. The van der Waals surface area contributed by atoms with E-state index in [-0.39, 0.29) is 17.9 Å². The number of amides is 1. The van der Waals surface area contributed by atoms with Gasteiger partial charge in [-0.15, -0.1) is 0 Å². The number of carbonyl (C=O) groups is 2. The van der Waals surface area contributed by atoms with Crippen molar-refractivity contribution in [2.45, 2.75) is 12.6 Å². The highest BCUT2D eigenvalue weighted by molar-refractivity contribution is 6.46. The fourth-order valence-corrected chi connectivity index (χ4v) is 3.87. The molecule has 1 atom stereocenters. The Morgan fingerprint density at radius 1 is 1.09 bits per heavy atom. The minimum absolute atomic E-state index is 0.0365. The standard InChI is InChI=1S/C24H20ClNO6/c1-30-16-9-10-18(19(12-16)31-2)21-20(22(27)14-5-7-15(25)8-6-14)23(28)24(29)26(21)13-17-4-3-11-32-17/h3-12,21,27H,13H2,1-2H3/b22-20-.